The highest BCUT2D eigenvalue weighted by atomic mass is 79.9. The van der Waals surface area contributed by atoms with E-state index in [1.807, 2.05) is 30.3 Å². The number of hydrogen-bond acceptors (Lipinski definition) is 4. The van der Waals surface area contributed by atoms with Crippen molar-refractivity contribution in [2.75, 3.05) is 17.1 Å². The number of sulfonamides is 1. The van der Waals surface area contributed by atoms with Gasteiger partial charge in [-0.1, -0.05) is 73.9 Å². The zero-order chi connectivity index (χ0) is 29.4. The molecule has 10 heteroatoms. The first-order chi connectivity index (χ1) is 19.6. The number of hydrogen-bond donors (Lipinski definition) is 1. The Hall–Kier alpha value is -3.24. The number of carbonyl (C=O) groups excluding carboxylic acids is 2. The summed E-state index contributed by atoms with van der Waals surface area (Å²) in [6.07, 6.45) is 6.22. The molecule has 1 aliphatic carbocycles. The Morgan fingerprint density at radius 3 is 2.20 bits per heavy atom. The Bertz CT molecular complexity index is 1430. The fourth-order valence-electron chi connectivity index (χ4n) is 5.13. The molecule has 0 heterocycles. The van der Waals surface area contributed by atoms with Gasteiger partial charge in [0.25, 0.3) is 0 Å². The maximum absolute atomic E-state index is 14.1. The second-order valence-corrected chi connectivity index (χ2v) is 13.2. The molecule has 1 aliphatic rings. The van der Waals surface area contributed by atoms with E-state index in [1.54, 1.807) is 36.4 Å². The predicted octanol–water partition coefficient (Wildman–Crippen LogP) is 5.44. The van der Waals surface area contributed by atoms with Crippen LogP contribution in [0.2, 0.25) is 0 Å². The summed E-state index contributed by atoms with van der Waals surface area (Å²) in [5, 5.41) is 3.16. The number of carbonyl (C=O) groups is 2. The maximum atomic E-state index is 14.1. The Kier molecular flexibility index (Phi) is 10.6. The largest absolute Gasteiger partial charge is 0.352 e. The van der Waals surface area contributed by atoms with Crippen LogP contribution in [0.5, 0.6) is 0 Å². The van der Waals surface area contributed by atoms with Gasteiger partial charge in [0.05, 0.1) is 11.9 Å². The van der Waals surface area contributed by atoms with Crippen molar-refractivity contribution >= 4 is 43.5 Å². The molecule has 4 rings (SSSR count). The molecule has 1 atom stereocenters. The molecule has 0 saturated heterocycles. The van der Waals surface area contributed by atoms with Crippen molar-refractivity contribution in [1.29, 1.82) is 0 Å². The minimum absolute atomic E-state index is 0.00224. The molecule has 0 radical (unpaired) electrons. The van der Waals surface area contributed by atoms with Gasteiger partial charge in [0, 0.05) is 23.5 Å². The van der Waals surface area contributed by atoms with Crippen LogP contribution >= 0.6 is 15.9 Å². The van der Waals surface area contributed by atoms with Crippen molar-refractivity contribution in [3.8, 4) is 0 Å². The normalized spacial score (nSPS) is 14.7. The van der Waals surface area contributed by atoms with Gasteiger partial charge in [-0.25, -0.2) is 12.8 Å². The van der Waals surface area contributed by atoms with E-state index >= 15 is 0 Å². The molecule has 3 aromatic carbocycles. The Morgan fingerprint density at radius 2 is 1.56 bits per heavy atom. The average molecular weight is 645 g/mol. The van der Waals surface area contributed by atoms with E-state index < -0.39 is 34.3 Å². The van der Waals surface area contributed by atoms with Gasteiger partial charge in [0.15, 0.2) is 0 Å². The molecule has 0 spiro atoms. The highest BCUT2D eigenvalue weighted by molar-refractivity contribution is 9.10. The summed E-state index contributed by atoms with van der Waals surface area (Å²) in [7, 11) is -3.87. The number of halogens is 2. The quantitative estimate of drug-likeness (QED) is 0.301. The lowest BCUT2D eigenvalue weighted by Gasteiger charge is -2.35. The van der Waals surface area contributed by atoms with Crippen molar-refractivity contribution in [1.82, 2.24) is 10.2 Å². The number of amides is 2. The van der Waals surface area contributed by atoms with Crippen molar-refractivity contribution in [3.05, 3.63) is 100 Å². The van der Waals surface area contributed by atoms with Crippen LogP contribution in [0, 0.1) is 5.82 Å². The van der Waals surface area contributed by atoms with Gasteiger partial charge in [-0.15, -0.1) is 0 Å². The molecule has 7 nitrogen and oxygen atoms in total. The van der Waals surface area contributed by atoms with E-state index in [1.165, 1.54) is 17.0 Å². The molecular weight excluding hydrogens is 609 g/mol. The number of para-hydroxylation sites is 1. The van der Waals surface area contributed by atoms with Gasteiger partial charge in [0.1, 0.15) is 18.4 Å². The molecule has 3 aromatic rings. The highest BCUT2D eigenvalue weighted by Crippen LogP contribution is 2.28. The highest BCUT2D eigenvalue weighted by Gasteiger charge is 2.34. The minimum Gasteiger partial charge on any atom is -0.352 e. The van der Waals surface area contributed by atoms with Crippen molar-refractivity contribution in [3.63, 3.8) is 0 Å². The number of rotatable bonds is 11. The third kappa shape index (κ3) is 8.63. The van der Waals surface area contributed by atoms with Gasteiger partial charge in [-0.2, -0.15) is 0 Å². The topological polar surface area (TPSA) is 86.8 Å². The van der Waals surface area contributed by atoms with E-state index in [0.29, 0.717) is 15.7 Å². The Balaban J connectivity index is 1.72. The number of nitrogens with one attached hydrogen (secondary N) is 1. The number of nitrogens with zero attached hydrogens (tertiary/aromatic N) is 2. The summed E-state index contributed by atoms with van der Waals surface area (Å²) in [5.74, 6) is -1.25. The van der Waals surface area contributed by atoms with Gasteiger partial charge in [-0.3, -0.25) is 13.9 Å². The smallest absolute Gasteiger partial charge is 0.244 e. The predicted molar refractivity (Wildman–Crippen MR) is 162 cm³/mol. The second kappa shape index (κ2) is 14.1. The van der Waals surface area contributed by atoms with E-state index in [4.69, 9.17) is 0 Å². The van der Waals surface area contributed by atoms with Crippen LogP contribution in [0.25, 0.3) is 0 Å². The molecule has 0 aromatic heterocycles. The van der Waals surface area contributed by atoms with Crippen molar-refractivity contribution in [2.45, 2.75) is 57.2 Å². The van der Waals surface area contributed by atoms with E-state index in [2.05, 4.69) is 21.2 Å². The molecule has 41 heavy (non-hydrogen) atoms. The van der Waals surface area contributed by atoms with Crippen LogP contribution in [0.3, 0.4) is 0 Å². The summed E-state index contributed by atoms with van der Waals surface area (Å²) in [4.78, 5) is 29.5. The fourth-order valence-corrected chi connectivity index (χ4v) is 6.61. The summed E-state index contributed by atoms with van der Waals surface area (Å²) < 4.78 is 41.1. The third-order valence-corrected chi connectivity index (χ3v) is 9.09. The number of anilines is 1. The molecule has 218 valence electrons. The lowest BCUT2D eigenvalue weighted by atomic mass is 9.94. The monoisotopic (exact) mass is 643 g/mol. The van der Waals surface area contributed by atoms with E-state index in [-0.39, 0.29) is 24.9 Å². The van der Waals surface area contributed by atoms with Crippen molar-refractivity contribution in [2.24, 2.45) is 0 Å². The zero-order valence-electron chi connectivity index (χ0n) is 23.0. The van der Waals surface area contributed by atoms with Gasteiger partial charge >= 0.3 is 0 Å². The minimum atomic E-state index is -3.87. The van der Waals surface area contributed by atoms with Crippen LogP contribution < -0.4 is 9.62 Å². The molecule has 0 unspecified atom stereocenters. The molecule has 1 saturated carbocycles. The fraction of sp³-hybridized carbons (Fsp3) is 0.355. The SMILES string of the molecule is CS(=O)(=O)N(CC(=O)N(Cc1ccc(F)cc1)[C@H](Cc1ccccc1)C(=O)NC1CCCCC1)c1ccccc1Br. The summed E-state index contributed by atoms with van der Waals surface area (Å²) in [6, 6.07) is 21.0. The maximum Gasteiger partial charge on any atom is 0.244 e. The van der Waals surface area contributed by atoms with Crippen LogP contribution in [0.4, 0.5) is 10.1 Å². The molecule has 1 fully saturated rings. The van der Waals surface area contributed by atoms with Crippen LogP contribution in [0.15, 0.2) is 83.3 Å². The van der Waals surface area contributed by atoms with Gasteiger partial charge in [-0.05, 0) is 64.2 Å². The lowest BCUT2D eigenvalue weighted by molar-refractivity contribution is -0.140. The van der Waals surface area contributed by atoms with E-state index in [9.17, 15) is 22.4 Å². The molecular formula is C31H35BrFN3O4S. The van der Waals surface area contributed by atoms with E-state index in [0.717, 1.165) is 48.2 Å². The second-order valence-electron chi connectivity index (χ2n) is 10.4. The summed E-state index contributed by atoms with van der Waals surface area (Å²) in [6.45, 7) is -0.507. The third-order valence-electron chi connectivity index (χ3n) is 7.29. The standard InChI is InChI=1S/C31H35BrFN3O4S/c1-41(39,40)36(28-15-9-8-14-27(28)32)22-30(37)35(21-24-16-18-25(33)19-17-24)29(20-23-10-4-2-5-11-23)31(38)34-26-12-6-3-7-13-26/h2,4-5,8-11,14-19,26,29H,3,6-7,12-13,20-22H2,1H3,(H,34,38)/t29-/m1/s1. The molecule has 1 N–H and O–H groups in total. The van der Waals surface area contributed by atoms with Crippen LogP contribution in [0.1, 0.15) is 43.2 Å². The molecule has 2 amide bonds. The summed E-state index contributed by atoms with van der Waals surface area (Å²) in [5.41, 5.74) is 1.80. The Morgan fingerprint density at radius 1 is 0.927 bits per heavy atom. The first-order valence-corrected chi connectivity index (χ1v) is 16.4. The number of benzene rings is 3. The summed E-state index contributed by atoms with van der Waals surface area (Å²) >= 11 is 3.40. The average Bonchev–Trinajstić information content (AvgIpc) is 2.95. The van der Waals surface area contributed by atoms with Crippen LogP contribution in [-0.4, -0.2) is 50.0 Å². The molecule has 0 aliphatic heterocycles. The zero-order valence-corrected chi connectivity index (χ0v) is 25.4. The van der Waals surface area contributed by atoms with Gasteiger partial charge in [0.2, 0.25) is 21.8 Å². The van der Waals surface area contributed by atoms with Crippen molar-refractivity contribution < 1.29 is 22.4 Å². The van der Waals surface area contributed by atoms with Crippen LogP contribution in [-0.2, 0) is 32.6 Å². The van der Waals surface area contributed by atoms with Gasteiger partial charge < -0.3 is 10.2 Å². The first kappa shape index (κ1) is 30.7. The molecule has 0 bridgehead atoms. The lowest BCUT2D eigenvalue weighted by Crippen LogP contribution is -2.55. The first-order valence-electron chi connectivity index (χ1n) is 13.7. The Labute approximate surface area is 249 Å².